The Morgan fingerprint density at radius 1 is 1.06 bits per heavy atom. The first-order valence-corrected chi connectivity index (χ1v) is 10.0. The Morgan fingerprint density at radius 2 is 1.81 bits per heavy atom. The smallest absolute Gasteiger partial charge is 0.249 e. The van der Waals surface area contributed by atoms with Gasteiger partial charge in [-0.3, -0.25) is 9.59 Å². The van der Waals surface area contributed by atoms with E-state index in [1.807, 2.05) is 54.6 Å². The van der Waals surface area contributed by atoms with E-state index in [-0.39, 0.29) is 31.6 Å². The average Bonchev–Trinajstić information content (AvgIpc) is 3.23. The number of benzene rings is 2. The van der Waals surface area contributed by atoms with Crippen molar-refractivity contribution in [3.8, 4) is 5.75 Å². The van der Waals surface area contributed by atoms with Crippen molar-refractivity contribution < 1.29 is 23.9 Å². The van der Waals surface area contributed by atoms with Crippen molar-refractivity contribution in [3.05, 3.63) is 65.7 Å². The fourth-order valence-electron chi connectivity index (χ4n) is 3.30. The molecule has 0 aromatic heterocycles. The predicted octanol–water partition coefficient (Wildman–Crippen LogP) is 2.13. The molecule has 1 N–H and O–H groups in total. The van der Waals surface area contributed by atoms with Crippen LogP contribution in [-0.2, 0) is 32.3 Å². The molecule has 0 aliphatic carbocycles. The molecule has 2 aromatic carbocycles. The molecule has 0 unspecified atom stereocenters. The number of nitrogens with one attached hydrogen (secondary N) is 1. The van der Waals surface area contributed by atoms with Gasteiger partial charge in [0, 0.05) is 20.1 Å². The van der Waals surface area contributed by atoms with Crippen LogP contribution in [0.3, 0.4) is 0 Å². The van der Waals surface area contributed by atoms with Gasteiger partial charge in [0.2, 0.25) is 11.8 Å². The Labute approximate surface area is 181 Å². The van der Waals surface area contributed by atoms with Crippen LogP contribution in [0.5, 0.6) is 5.75 Å². The zero-order valence-electron chi connectivity index (χ0n) is 17.7. The molecule has 3 rings (SSSR count). The zero-order chi connectivity index (χ0) is 22.1. The molecule has 2 aromatic rings. The summed E-state index contributed by atoms with van der Waals surface area (Å²) in [6.07, 6.45) is 0.318. The van der Waals surface area contributed by atoms with Crippen molar-refractivity contribution in [3.63, 3.8) is 0 Å². The third-order valence-corrected chi connectivity index (χ3v) is 4.94. The summed E-state index contributed by atoms with van der Waals surface area (Å²) in [6, 6.07) is 16.4. The summed E-state index contributed by atoms with van der Waals surface area (Å²) >= 11 is 0. The minimum atomic E-state index is -0.644. The van der Waals surface area contributed by atoms with Crippen LogP contribution in [0.1, 0.15) is 17.5 Å². The first-order chi connectivity index (χ1) is 15.1. The molecule has 8 nitrogen and oxygen atoms in total. The van der Waals surface area contributed by atoms with E-state index in [4.69, 9.17) is 14.3 Å². The van der Waals surface area contributed by atoms with E-state index >= 15 is 0 Å². The third kappa shape index (κ3) is 6.29. The summed E-state index contributed by atoms with van der Waals surface area (Å²) in [5.41, 5.74) is 2.56. The number of amides is 2. The summed E-state index contributed by atoms with van der Waals surface area (Å²) in [5, 5.41) is 7.08. The number of carbonyl (C=O) groups excluding carboxylic acids is 2. The van der Waals surface area contributed by atoms with Crippen LogP contribution in [0.4, 0.5) is 0 Å². The summed E-state index contributed by atoms with van der Waals surface area (Å²) in [7, 11) is 3.06. The second-order valence-electron chi connectivity index (χ2n) is 7.16. The highest BCUT2D eigenvalue weighted by Gasteiger charge is 2.37. The molecule has 2 amide bonds. The molecule has 1 aliphatic rings. The topological polar surface area (TPSA) is 89.5 Å². The van der Waals surface area contributed by atoms with Crippen molar-refractivity contribution in [2.45, 2.75) is 25.6 Å². The fraction of sp³-hybridized carbons (Fsp3) is 0.348. The SMILES string of the molecule is COCC(=O)N1CC(=NOCc2ccc(OC)cc2)C[C@H]1C(=O)NCc1ccccc1. The Balaban J connectivity index is 1.60. The molecule has 1 saturated heterocycles. The van der Waals surface area contributed by atoms with Crippen molar-refractivity contribution in [1.29, 1.82) is 0 Å². The van der Waals surface area contributed by atoms with Crippen LogP contribution in [0.25, 0.3) is 0 Å². The first kappa shape index (κ1) is 22.3. The molecule has 0 bridgehead atoms. The Morgan fingerprint density at radius 3 is 2.48 bits per heavy atom. The molecule has 1 fully saturated rings. The molecule has 1 aliphatic heterocycles. The van der Waals surface area contributed by atoms with Gasteiger partial charge in [-0.2, -0.15) is 0 Å². The largest absolute Gasteiger partial charge is 0.497 e. The fourth-order valence-corrected chi connectivity index (χ4v) is 3.30. The highest BCUT2D eigenvalue weighted by atomic mass is 16.6. The minimum absolute atomic E-state index is 0.0948. The van der Waals surface area contributed by atoms with Crippen LogP contribution in [0.2, 0.25) is 0 Å². The maximum atomic E-state index is 12.8. The van der Waals surface area contributed by atoms with Gasteiger partial charge in [-0.05, 0) is 23.3 Å². The number of oxime groups is 1. The molecule has 0 radical (unpaired) electrons. The summed E-state index contributed by atoms with van der Waals surface area (Å²) in [5.74, 6) is 0.277. The lowest BCUT2D eigenvalue weighted by molar-refractivity contribution is -0.141. The van der Waals surface area contributed by atoms with Gasteiger partial charge in [0.05, 0.1) is 19.4 Å². The molecule has 0 spiro atoms. The molecular formula is C23H27N3O5. The summed E-state index contributed by atoms with van der Waals surface area (Å²) in [4.78, 5) is 32.2. The summed E-state index contributed by atoms with van der Waals surface area (Å²) in [6.45, 7) is 0.810. The van der Waals surface area contributed by atoms with Gasteiger partial charge in [0.15, 0.2) is 0 Å². The van der Waals surface area contributed by atoms with E-state index < -0.39 is 6.04 Å². The van der Waals surface area contributed by atoms with E-state index in [2.05, 4.69) is 10.5 Å². The lowest BCUT2D eigenvalue weighted by atomic mass is 10.1. The molecule has 1 heterocycles. The van der Waals surface area contributed by atoms with Gasteiger partial charge in [-0.1, -0.05) is 47.6 Å². The van der Waals surface area contributed by atoms with Gasteiger partial charge < -0.3 is 24.5 Å². The van der Waals surface area contributed by atoms with Crippen LogP contribution in [-0.4, -0.2) is 55.8 Å². The number of hydrogen-bond donors (Lipinski definition) is 1. The van der Waals surface area contributed by atoms with E-state index in [0.717, 1.165) is 16.9 Å². The minimum Gasteiger partial charge on any atom is -0.497 e. The number of carbonyl (C=O) groups is 2. The molecule has 31 heavy (non-hydrogen) atoms. The number of likely N-dealkylation sites (tertiary alicyclic amines) is 1. The van der Waals surface area contributed by atoms with Gasteiger partial charge in [-0.25, -0.2) is 0 Å². The highest BCUT2D eigenvalue weighted by Crippen LogP contribution is 2.18. The zero-order valence-corrected chi connectivity index (χ0v) is 17.7. The van der Waals surface area contributed by atoms with E-state index in [1.165, 1.54) is 12.0 Å². The van der Waals surface area contributed by atoms with E-state index in [9.17, 15) is 9.59 Å². The van der Waals surface area contributed by atoms with Crippen molar-refractivity contribution in [1.82, 2.24) is 10.2 Å². The van der Waals surface area contributed by atoms with Crippen molar-refractivity contribution in [2.75, 3.05) is 27.4 Å². The van der Waals surface area contributed by atoms with E-state index in [0.29, 0.717) is 18.7 Å². The average molecular weight is 425 g/mol. The summed E-state index contributed by atoms with van der Waals surface area (Å²) < 4.78 is 10.1. The van der Waals surface area contributed by atoms with Gasteiger partial charge in [0.25, 0.3) is 0 Å². The first-order valence-electron chi connectivity index (χ1n) is 10.0. The molecule has 164 valence electrons. The maximum Gasteiger partial charge on any atom is 0.249 e. The van der Waals surface area contributed by atoms with Gasteiger partial charge >= 0.3 is 0 Å². The molecular weight excluding hydrogens is 398 g/mol. The third-order valence-electron chi connectivity index (χ3n) is 4.94. The van der Waals surface area contributed by atoms with Crippen LogP contribution in [0, 0.1) is 0 Å². The number of ether oxygens (including phenoxy) is 2. The Kier molecular flexibility index (Phi) is 8.00. The predicted molar refractivity (Wildman–Crippen MR) is 116 cm³/mol. The standard InChI is InChI=1S/C23H27N3O5/c1-29-16-22(27)26-14-19(25-31-15-18-8-10-20(30-2)11-9-18)12-21(26)23(28)24-13-17-6-4-3-5-7-17/h3-11,21H,12-16H2,1-2H3,(H,24,28)/t21-/m0/s1. The van der Waals surface area contributed by atoms with Crippen LogP contribution in [0.15, 0.2) is 59.8 Å². The monoisotopic (exact) mass is 425 g/mol. The number of nitrogens with zero attached hydrogens (tertiary/aromatic N) is 2. The Bertz CT molecular complexity index is 899. The second-order valence-corrected chi connectivity index (χ2v) is 7.16. The Hall–Kier alpha value is -3.39. The number of methoxy groups -OCH3 is 2. The number of rotatable bonds is 9. The van der Waals surface area contributed by atoms with Gasteiger partial charge in [0.1, 0.15) is 25.0 Å². The van der Waals surface area contributed by atoms with E-state index in [1.54, 1.807) is 7.11 Å². The van der Waals surface area contributed by atoms with Crippen LogP contribution < -0.4 is 10.1 Å². The van der Waals surface area contributed by atoms with Crippen molar-refractivity contribution >= 4 is 17.5 Å². The second kappa shape index (κ2) is 11.1. The molecule has 0 saturated carbocycles. The maximum absolute atomic E-state index is 12.8. The normalized spacial score (nSPS) is 16.9. The van der Waals surface area contributed by atoms with Crippen LogP contribution >= 0.6 is 0 Å². The highest BCUT2D eigenvalue weighted by molar-refractivity contribution is 6.01. The quantitative estimate of drug-likeness (QED) is 0.622. The lowest BCUT2D eigenvalue weighted by Gasteiger charge is -2.23. The van der Waals surface area contributed by atoms with Crippen molar-refractivity contribution in [2.24, 2.45) is 5.16 Å². The van der Waals surface area contributed by atoms with Gasteiger partial charge in [-0.15, -0.1) is 0 Å². The molecule has 8 heteroatoms. The number of hydrogen-bond acceptors (Lipinski definition) is 6. The molecule has 1 atom stereocenters. The lowest BCUT2D eigenvalue weighted by Crippen LogP contribution is -2.46.